The molecular weight excluding hydrogens is 178 g/mol. The van der Waals surface area contributed by atoms with E-state index in [-0.39, 0.29) is 6.54 Å². The number of aromatic amines is 1. The number of tetrazole rings is 1. The van der Waals surface area contributed by atoms with Gasteiger partial charge in [0.2, 0.25) is 5.91 Å². The van der Waals surface area contributed by atoms with Crippen LogP contribution in [-0.2, 0) is 16.1 Å². The minimum Gasteiger partial charge on any atom is -0.481 e. The van der Waals surface area contributed by atoms with Gasteiger partial charge in [0.05, 0.1) is 6.54 Å². The van der Waals surface area contributed by atoms with Gasteiger partial charge in [0, 0.05) is 0 Å². The van der Waals surface area contributed by atoms with Gasteiger partial charge >= 0.3 is 5.97 Å². The third-order valence-corrected chi connectivity index (χ3v) is 1.14. The zero-order chi connectivity index (χ0) is 9.68. The highest BCUT2D eigenvalue weighted by atomic mass is 16.4. The SMILES string of the molecule is O=C(O)CC(=O)NCc1nn[nH]n1. The number of aromatic nitrogens is 4. The molecule has 0 atom stereocenters. The summed E-state index contributed by atoms with van der Waals surface area (Å²) in [6, 6.07) is 0. The van der Waals surface area contributed by atoms with Crippen LogP contribution in [-0.4, -0.2) is 37.6 Å². The molecule has 0 bridgehead atoms. The van der Waals surface area contributed by atoms with Crippen LogP contribution in [0.3, 0.4) is 0 Å². The van der Waals surface area contributed by atoms with Crippen molar-refractivity contribution in [3.05, 3.63) is 5.82 Å². The van der Waals surface area contributed by atoms with Gasteiger partial charge in [0.1, 0.15) is 6.42 Å². The van der Waals surface area contributed by atoms with E-state index in [1.807, 2.05) is 0 Å². The van der Waals surface area contributed by atoms with Gasteiger partial charge in [-0.25, -0.2) is 0 Å². The maximum absolute atomic E-state index is 10.8. The summed E-state index contributed by atoms with van der Waals surface area (Å²) in [5.74, 6) is -1.46. The number of hydrogen-bond acceptors (Lipinski definition) is 5. The predicted molar refractivity (Wildman–Crippen MR) is 38.3 cm³/mol. The number of carboxylic acid groups (broad SMARTS) is 1. The lowest BCUT2D eigenvalue weighted by Gasteiger charge is -1.97. The van der Waals surface area contributed by atoms with E-state index in [4.69, 9.17) is 5.11 Å². The molecule has 0 radical (unpaired) electrons. The van der Waals surface area contributed by atoms with Crippen LogP contribution in [0, 0.1) is 0 Å². The topological polar surface area (TPSA) is 121 Å². The quantitative estimate of drug-likeness (QED) is 0.480. The Morgan fingerprint density at radius 1 is 1.54 bits per heavy atom. The molecule has 1 heterocycles. The van der Waals surface area contributed by atoms with Crippen molar-refractivity contribution in [2.45, 2.75) is 13.0 Å². The van der Waals surface area contributed by atoms with Crippen molar-refractivity contribution >= 4 is 11.9 Å². The molecule has 0 aliphatic rings. The molecule has 0 fully saturated rings. The van der Waals surface area contributed by atoms with Gasteiger partial charge < -0.3 is 10.4 Å². The normalized spacial score (nSPS) is 9.54. The van der Waals surface area contributed by atoms with E-state index in [1.165, 1.54) is 0 Å². The highest BCUT2D eigenvalue weighted by Gasteiger charge is 2.07. The summed E-state index contributed by atoms with van der Waals surface area (Å²) >= 11 is 0. The second-order valence-electron chi connectivity index (χ2n) is 2.18. The molecule has 0 saturated carbocycles. The fraction of sp³-hybridized carbons (Fsp3) is 0.400. The average Bonchev–Trinajstić information content (AvgIpc) is 2.51. The van der Waals surface area contributed by atoms with Crippen LogP contribution in [0.15, 0.2) is 0 Å². The number of amides is 1. The van der Waals surface area contributed by atoms with E-state index in [0.29, 0.717) is 5.82 Å². The molecule has 0 aliphatic carbocycles. The van der Waals surface area contributed by atoms with Crippen molar-refractivity contribution in [3.8, 4) is 0 Å². The molecule has 0 unspecified atom stereocenters. The number of nitrogens with zero attached hydrogens (tertiary/aromatic N) is 3. The van der Waals surface area contributed by atoms with E-state index < -0.39 is 18.3 Å². The first kappa shape index (κ1) is 9.10. The number of H-pyrrole nitrogens is 1. The van der Waals surface area contributed by atoms with Crippen molar-refractivity contribution < 1.29 is 14.7 Å². The van der Waals surface area contributed by atoms with Gasteiger partial charge in [-0.05, 0) is 0 Å². The first-order valence-corrected chi connectivity index (χ1v) is 3.39. The molecule has 0 saturated heterocycles. The fourth-order valence-corrected chi connectivity index (χ4v) is 0.635. The molecule has 1 aromatic rings. The molecule has 3 N–H and O–H groups in total. The van der Waals surface area contributed by atoms with E-state index >= 15 is 0 Å². The summed E-state index contributed by atoms with van der Waals surface area (Å²) in [7, 11) is 0. The molecule has 0 spiro atoms. The van der Waals surface area contributed by atoms with Crippen molar-refractivity contribution in [3.63, 3.8) is 0 Å². The highest BCUT2D eigenvalue weighted by molar-refractivity contribution is 5.93. The number of carboxylic acids is 1. The van der Waals surface area contributed by atoms with Crippen LogP contribution in [0.1, 0.15) is 12.2 Å². The smallest absolute Gasteiger partial charge is 0.312 e. The Morgan fingerprint density at radius 3 is 2.85 bits per heavy atom. The van der Waals surface area contributed by atoms with Gasteiger partial charge in [-0.2, -0.15) is 5.21 Å². The predicted octanol–water partition coefficient (Wildman–Crippen LogP) is -1.71. The summed E-state index contributed by atoms with van der Waals surface area (Å²) in [5.41, 5.74) is 0. The minimum atomic E-state index is -1.18. The standard InChI is InChI=1S/C5H7N5O3/c11-4(1-5(12)13)6-2-3-7-9-10-8-3/h1-2H2,(H,6,11)(H,12,13)(H,7,8,9,10). The Labute approximate surface area is 72.3 Å². The number of nitrogens with one attached hydrogen (secondary N) is 2. The van der Waals surface area contributed by atoms with Crippen LogP contribution in [0.25, 0.3) is 0 Å². The third-order valence-electron chi connectivity index (χ3n) is 1.14. The third kappa shape index (κ3) is 3.27. The fourth-order valence-electron chi connectivity index (χ4n) is 0.635. The molecule has 13 heavy (non-hydrogen) atoms. The number of aliphatic carboxylic acids is 1. The second-order valence-corrected chi connectivity index (χ2v) is 2.18. The van der Waals surface area contributed by atoms with Gasteiger partial charge in [-0.3, -0.25) is 9.59 Å². The van der Waals surface area contributed by atoms with E-state index in [1.54, 1.807) is 0 Å². The molecule has 8 heteroatoms. The summed E-state index contributed by atoms with van der Waals surface area (Å²) in [6.07, 6.45) is -0.558. The van der Waals surface area contributed by atoms with E-state index in [0.717, 1.165) is 0 Å². The molecule has 8 nitrogen and oxygen atoms in total. The number of hydrogen-bond donors (Lipinski definition) is 3. The lowest BCUT2D eigenvalue weighted by molar-refractivity contribution is -0.140. The van der Waals surface area contributed by atoms with Gasteiger partial charge in [-0.15, -0.1) is 10.2 Å². The van der Waals surface area contributed by atoms with Crippen molar-refractivity contribution in [1.82, 2.24) is 25.9 Å². The Bertz CT molecular complexity index is 295. The largest absolute Gasteiger partial charge is 0.481 e. The van der Waals surface area contributed by atoms with Crippen LogP contribution >= 0.6 is 0 Å². The number of carbonyl (C=O) groups excluding carboxylic acids is 1. The maximum atomic E-state index is 10.8. The lowest BCUT2D eigenvalue weighted by atomic mass is 10.4. The second kappa shape index (κ2) is 4.14. The van der Waals surface area contributed by atoms with E-state index in [9.17, 15) is 9.59 Å². The molecule has 0 aliphatic heterocycles. The highest BCUT2D eigenvalue weighted by Crippen LogP contribution is 1.84. The van der Waals surface area contributed by atoms with E-state index in [2.05, 4.69) is 25.9 Å². The van der Waals surface area contributed by atoms with Crippen molar-refractivity contribution in [2.75, 3.05) is 0 Å². The molecule has 1 rings (SSSR count). The van der Waals surface area contributed by atoms with Gasteiger partial charge in [0.15, 0.2) is 5.82 Å². The Balaban J connectivity index is 2.27. The van der Waals surface area contributed by atoms with Crippen molar-refractivity contribution in [1.29, 1.82) is 0 Å². The summed E-state index contributed by atoms with van der Waals surface area (Å²) < 4.78 is 0. The molecule has 0 aromatic carbocycles. The Morgan fingerprint density at radius 2 is 2.31 bits per heavy atom. The summed E-state index contributed by atoms with van der Waals surface area (Å²) in [6.45, 7) is 0.0720. The minimum absolute atomic E-state index is 0.0720. The molecule has 1 amide bonds. The molecule has 1 aromatic heterocycles. The lowest BCUT2D eigenvalue weighted by Crippen LogP contribution is -2.25. The number of carbonyl (C=O) groups is 2. The van der Waals surface area contributed by atoms with Gasteiger partial charge in [-0.1, -0.05) is 5.21 Å². The van der Waals surface area contributed by atoms with Crippen LogP contribution < -0.4 is 5.32 Å². The van der Waals surface area contributed by atoms with Crippen LogP contribution in [0.4, 0.5) is 0 Å². The maximum Gasteiger partial charge on any atom is 0.312 e. The zero-order valence-corrected chi connectivity index (χ0v) is 6.52. The van der Waals surface area contributed by atoms with Crippen LogP contribution in [0.2, 0.25) is 0 Å². The summed E-state index contributed by atoms with van der Waals surface area (Å²) in [5, 5.41) is 23.1. The Hall–Kier alpha value is -1.99. The first-order valence-electron chi connectivity index (χ1n) is 3.39. The van der Waals surface area contributed by atoms with Crippen molar-refractivity contribution in [2.24, 2.45) is 0 Å². The van der Waals surface area contributed by atoms with Crippen LogP contribution in [0.5, 0.6) is 0 Å². The monoisotopic (exact) mass is 185 g/mol. The molecule has 70 valence electrons. The zero-order valence-electron chi connectivity index (χ0n) is 6.52. The summed E-state index contributed by atoms with van der Waals surface area (Å²) in [4.78, 5) is 20.8. The first-order chi connectivity index (χ1) is 6.18. The van der Waals surface area contributed by atoms with Gasteiger partial charge in [0.25, 0.3) is 0 Å². The number of rotatable bonds is 4. The Kier molecular flexibility index (Phi) is 2.90. The average molecular weight is 185 g/mol. The molecular formula is C5H7N5O3.